The van der Waals surface area contributed by atoms with Gasteiger partial charge in [0.1, 0.15) is 0 Å². The van der Waals surface area contributed by atoms with E-state index in [2.05, 4.69) is 4.98 Å². The number of benzene rings is 2. The molecule has 0 saturated heterocycles. The van der Waals surface area contributed by atoms with Crippen LogP contribution in [0.5, 0.6) is 0 Å². The minimum absolute atomic E-state index is 0.143. The standard InChI is InChI=1S/C25H26F3N3O2/c26-25(27,28)23(32)16-30(15-18-6-2-1-3-7-18)17-24(33)31-12-10-19(11-13-31)21-14-29-22-9-5-4-8-20(21)22/h1-10,14,23,29,32H,11-13,15-17H2. The molecule has 1 aliphatic heterocycles. The first-order valence-electron chi connectivity index (χ1n) is 10.9. The maximum absolute atomic E-state index is 12.9. The van der Waals surface area contributed by atoms with E-state index in [1.54, 1.807) is 29.2 Å². The molecule has 1 atom stereocenters. The molecular weight excluding hydrogens is 431 g/mol. The van der Waals surface area contributed by atoms with Crippen LogP contribution >= 0.6 is 0 Å². The summed E-state index contributed by atoms with van der Waals surface area (Å²) in [6, 6.07) is 17.0. The lowest BCUT2D eigenvalue weighted by molar-refractivity contribution is -0.208. The maximum atomic E-state index is 12.9. The van der Waals surface area contributed by atoms with Crippen molar-refractivity contribution >= 4 is 22.4 Å². The van der Waals surface area contributed by atoms with Crippen molar-refractivity contribution < 1.29 is 23.1 Å². The topological polar surface area (TPSA) is 59.6 Å². The first kappa shape index (κ1) is 23.1. The number of para-hydroxylation sites is 1. The molecular formula is C25H26F3N3O2. The Morgan fingerprint density at radius 2 is 1.85 bits per heavy atom. The largest absolute Gasteiger partial charge is 0.415 e. The van der Waals surface area contributed by atoms with E-state index >= 15 is 0 Å². The molecule has 0 spiro atoms. The van der Waals surface area contributed by atoms with Crippen molar-refractivity contribution in [1.29, 1.82) is 0 Å². The lowest BCUT2D eigenvalue weighted by Gasteiger charge is -2.31. The molecule has 174 valence electrons. The first-order valence-corrected chi connectivity index (χ1v) is 10.9. The number of aromatic amines is 1. The molecule has 1 unspecified atom stereocenters. The predicted molar refractivity (Wildman–Crippen MR) is 121 cm³/mol. The highest BCUT2D eigenvalue weighted by Gasteiger charge is 2.39. The van der Waals surface area contributed by atoms with Crippen LogP contribution in [0.15, 0.2) is 66.9 Å². The number of amides is 1. The number of aliphatic hydroxyl groups excluding tert-OH is 1. The first-order chi connectivity index (χ1) is 15.8. The third kappa shape index (κ3) is 5.64. The van der Waals surface area contributed by atoms with Crippen LogP contribution in [-0.4, -0.2) is 64.3 Å². The summed E-state index contributed by atoms with van der Waals surface area (Å²) in [7, 11) is 0. The van der Waals surface area contributed by atoms with E-state index in [-0.39, 0.29) is 19.0 Å². The zero-order valence-electron chi connectivity index (χ0n) is 18.1. The minimum atomic E-state index is -4.74. The summed E-state index contributed by atoms with van der Waals surface area (Å²) in [5.74, 6) is -0.255. The van der Waals surface area contributed by atoms with Gasteiger partial charge in [-0.05, 0) is 23.6 Å². The molecule has 4 rings (SSSR count). The van der Waals surface area contributed by atoms with Gasteiger partial charge in [0, 0.05) is 48.8 Å². The van der Waals surface area contributed by atoms with Gasteiger partial charge in [-0.3, -0.25) is 9.69 Å². The van der Waals surface area contributed by atoms with Gasteiger partial charge in [0.2, 0.25) is 5.91 Å². The Morgan fingerprint density at radius 1 is 1.12 bits per heavy atom. The maximum Gasteiger partial charge on any atom is 0.415 e. The van der Waals surface area contributed by atoms with Crippen LogP contribution in [0, 0.1) is 0 Å². The molecule has 0 saturated carbocycles. The van der Waals surface area contributed by atoms with E-state index in [0.717, 1.165) is 27.6 Å². The zero-order valence-corrected chi connectivity index (χ0v) is 18.1. The Labute approximate surface area is 190 Å². The molecule has 0 radical (unpaired) electrons. The molecule has 2 aromatic carbocycles. The molecule has 0 aliphatic carbocycles. The summed E-state index contributed by atoms with van der Waals surface area (Å²) >= 11 is 0. The van der Waals surface area contributed by atoms with Crippen molar-refractivity contribution in [3.8, 4) is 0 Å². The Bertz CT molecular complexity index is 1120. The second-order valence-electron chi connectivity index (χ2n) is 8.28. The molecule has 1 amide bonds. The summed E-state index contributed by atoms with van der Waals surface area (Å²) in [5.41, 5.74) is 4.08. The summed E-state index contributed by atoms with van der Waals surface area (Å²) in [5, 5.41) is 10.7. The third-order valence-electron chi connectivity index (χ3n) is 5.91. The van der Waals surface area contributed by atoms with Crippen molar-refractivity contribution in [1.82, 2.24) is 14.8 Å². The van der Waals surface area contributed by atoms with Crippen LogP contribution in [0.3, 0.4) is 0 Å². The SMILES string of the molecule is O=C(CN(Cc1ccccc1)CC(O)C(F)(F)F)N1CC=C(c2c[nH]c3ccccc23)CC1. The fourth-order valence-electron chi connectivity index (χ4n) is 4.14. The Balaban J connectivity index is 1.43. The lowest BCUT2D eigenvalue weighted by atomic mass is 9.99. The number of aliphatic hydroxyl groups is 1. The Hall–Kier alpha value is -3.10. The predicted octanol–water partition coefficient (Wildman–Crippen LogP) is 4.21. The number of carbonyl (C=O) groups excluding carboxylic acids is 1. The molecule has 33 heavy (non-hydrogen) atoms. The highest BCUT2D eigenvalue weighted by Crippen LogP contribution is 2.29. The zero-order chi connectivity index (χ0) is 23.4. The molecule has 2 heterocycles. The van der Waals surface area contributed by atoms with Crippen LogP contribution < -0.4 is 0 Å². The monoisotopic (exact) mass is 457 g/mol. The fraction of sp³-hybridized carbons (Fsp3) is 0.320. The number of rotatable bonds is 7. The average Bonchev–Trinajstić information content (AvgIpc) is 3.23. The molecule has 1 aliphatic rings. The quantitative estimate of drug-likeness (QED) is 0.559. The van der Waals surface area contributed by atoms with Crippen LogP contribution in [0.1, 0.15) is 17.5 Å². The number of aromatic nitrogens is 1. The van der Waals surface area contributed by atoms with Gasteiger partial charge in [0.05, 0.1) is 6.54 Å². The molecule has 0 fully saturated rings. The van der Waals surface area contributed by atoms with Gasteiger partial charge in [-0.25, -0.2) is 0 Å². The van der Waals surface area contributed by atoms with Crippen LogP contribution in [0.4, 0.5) is 13.2 Å². The highest BCUT2D eigenvalue weighted by atomic mass is 19.4. The highest BCUT2D eigenvalue weighted by molar-refractivity contribution is 5.93. The second-order valence-corrected chi connectivity index (χ2v) is 8.28. The number of fused-ring (bicyclic) bond motifs is 1. The van der Waals surface area contributed by atoms with Crippen molar-refractivity contribution in [2.75, 3.05) is 26.2 Å². The molecule has 0 bridgehead atoms. The van der Waals surface area contributed by atoms with Crippen molar-refractivity contribution in [2.45, 2.75) is 25.2 Å². The van der Waals surface area contributed by atoms with Gasteiger partial charge in [-0.2, -0.15) is 13.2 Å². The van der Waals surface area contributed by atoms with E-state index in [4.69, 9.17) is 0 Å². The molecule has 5 nitrogen and oxygen atoms in total. The lowest BCUT2D eigenvalue weighted by Crippen LogP contribution is -2.46. The molecule has 2 N–H and O–H groups in total. The van der Waals surface area contributed by atoms with Gasteiger partial charge < -0.3 is 15.0 Å². The molecule has 1 aromatic heterocycles. The van der Waals surface area contributed by atoms with Gasteiger partial charge >= 0.3 is 6.18 Å². The number of halogens is 3. The van der Waals surface area contributed by atoms with Gasteiger partial charge in [0.25, 0.3) is 0 Å². The summed E-state index contributed by atoms with van der Waals surface area (Å²) in [6.07, 6.45) is -2.61. The van der Waals surface area contributed by atoms with Crippen molar-refractivity contribution in [2.24, 2.45) is 0 Å². The number of hydrogen-bond donors (Lipinski definition) is 2. The normalized spacial score (nSPS) is 15.7. The van der Waals surface area contributed by atoms with Crippen molar-refractivity contribution in [3.63, 3.8) is 0 Å². The van der Waals surface area contributed by atoms with E-state index in [9.17, 15) is 23.1 Å². The van der Waals surface area contributed by atoms with Crippen LogP contribution in [-0.2, 0) is 11.3 Å². The number of nitrogens with zero attached hydrogens (tertiary/aromatic N) is 2. The summed E-state index contributed by atoms with van der Waals surface area (Å²) in [4.78, 5) is 19.2. The fourth-order valence-corrected chi connectivity index (χ4v) is 4.14. The van der Waals surface area contributed by atoms with Gasteiger partial charge in [-0.1, -0.05) is 54.6 Å². The smallest absolute Gasteiger partial charge is 0.382 e. The summed E-state index contributed by atoms with van der Waals surface area (Å²) in [6.45, 7) is 0.177. The number of carbonyl (C=O) groups is 1. The van der Waals surface area contributed by atoms with E-state index in [1.807, 2.05) is 42.6 Å². The molecule has 8 heteroatoms. The molecule has 3 aromatic rings. The Kier molecular flexibility index (Phi) is 6.85. The van der Waals surface area contributed by atoms with E-state index in [1.165, 1.54) is 4.90 Å². The number of hydrogen-bond acceptors (Lipinski definition) is 3. The summed E-state index contributed by atoms with van der Waals surface area (Å²) < 4.78 is 38.8. The van der Waals surface area contributed by atoms with Crippen LogP contribution in [0.25, 0.3) is 16.5 Å². The number of alkyl halides is 3. The van der Waals surface area contributed by atoms with Gasteiger partial charge in [-0.15, -0.1) is 0 Å². The average molecular weight is 457 g/mol. The van der Waals surface area contributed by atoms with Gasteiger partial charge in [0.15, 0.2) is 6.10 Å². The Morgan fingerprint density at radius 3 is 2.55 bits per heavy atom. The number of nitrogens with one attached hydrogen (secondary N) is 1. The van der Waals surface area contributed by atoms with Crippen molar-refractivity contribution in [3.05, 3.63) is 78.0 Å². The minimum Gasteiger partial charge on any atom is -0.382 e. The number of H-pyrrole nitrogens is 1. The van der Waals surface area contributed by atoms with E-state index in [0.29, 0.717) is 19.5 Å². The third-order valence-corrected chi connectivity index (χ3v) is 5.91. The second kappa shape index (κ2) is 9.80. The van der Waals surface area contributed by atoms with E-state index < -0.39 is 18.8 Å². The van der Waals surface area contributed by atoms with Crippen LogP contribution in [0.2, 0.25) is 0 Å².